The molecule has 2 aromatic rings. The summed E-state index contributed by atoms with van der Waals surface area (Å²) in [5, 5.41) is 7.21. The largest absolute Gasteiger partial charge is 0.346 e. The van der Waals surface area contributed by atoms with Crippen molar-refractivity contribution in [1.29, 1.82) is 0 Å². The summed E-state index contributed by atoms with van der Waals surface area (Å²) < 4.78 is 4.04. The Morgan fingerprint density at radius 1 is 1.27 bits per heavy atom. The second-order valence-corrected chi connectivity index (χ2v) is 6.55. The van der Waals surface area contributed by atoms with Crippen molar-refractivity contribution in [3.63, 3.8) is 0 Å². The van der Waals surface area contributed by atoms with Crippen molar-refractivity contribution in [2.24, 2.45) is 5.92 Å². The lowest BCUT2D eigenvalue weighted by molar-refractivity contribution is 0.102. The first-order valence-corrected chi connectivity index (χ1v) is 7.81. The fourth-order valence-corrected chi connectivity index (χ4v) is 2.90. The van der Waals surface area contributed by atoms with Crippen LogP contribution in [0.4, 0.5) is 5.69 Å². The molecule has 0 aliphatic carbocycles. The molecule has 1 amide bonds. The average molecular weight is 302 g/mol. The molecule has 22 heavy (non-hydrogen) atoms. The van der Waals surface area contributed by atoms with Crippen LogP contribution in [0.5, 0.6) is 0 Å². The molecule has 2 heterocycles. The highest BCUT2D eigenvalue weighted by atomic mass is 16.1. The van der Waals surface area contributed by atoms with E-state index in [9.17, 15) is 4.79 Å². The third-order valence-electron chi connectivity index (χ3n) is 3.69. The summed E-state index contributed by atoms with van der Waals surface area (Å²) >= 11 is 0. The number of hydrogen-bond donors (Lipinski definition) is 1. The molecule has 2 rings (SSSR count). The van der Waals surface area contributed by atoms with Crippen LogP contribution in [0.3, 0.4) is 0 Å². The smallest absolute Gasteiger partial charge is 0.257 e. The minimum atomic E-state index is -0.0795. The predicted molar refractivity (Wildman–Crippen MR) is 89.3 cm³/mol. The van der Waals surface area contributed by atoms with E-state index in [1.165, 1.54) is 0 Å². The molecule has 1 N–H and O–H groups in total. The maximum absolute atomic E-state index is 12.5. The summed E-state index contributed by atoms with van der Waals surface area (Å²) in [5.41, 5.74) is 3.57. The van der Waals surface area contributed by atoms with Gasteiger partial charge in [-0.15, -0.1) is 0 Å². The Hall–Kier alpha value is -2.04. The monoisotopic (exact) mass is 302 g/mol. The van der Waals surface area contributed by atoms with Crippen LogP contribution < -0.4 is 5.32 Å². The Morgan fingerprint density at radius 2 is 1.95 bits per heavy atom. The van der Waals surface area contributed by atoms with Crippen LogP contribution >= 0.6 is 0 Å². The lowest BCUT2D eigenvalue weighted by atomic mass is 10.2. The summed E-state index contributed by atoms with van der Waals surface area (Å²) in [6.07, 6.45) is 3.57. The van der Waals surface area contributed by atoms with Crippen molar-refractivity contribution >= 4 is 11.6 Å². The number of nitrogens with zero attached hydrogens (tertiary/aromatic N) is 3. The van der Waals surface area contributed by atoms with Gasteiger partial charge in [0.05, 0.1) is 17.4 Å². The standard InChI is InChI=1S/C17H26N4O/c1-11(2)9-20-10-15(8-18-20)19-17(22)16-7-13(5)21(12(3)4)14(16)6/h7-8,10-12H,9H2,1-6H3,(H,19,22). The van der Waals surface area contributed by atoms with Gasteiger partial charge >= 0.3 is 0 Å². The number of amides is 1. The SMILES string of the molecule is Cc1cc(C(=O)Nc2cnn(CC(C)C)c2)c(C)n1C(C)C. The topological polar surface area (TPSA) is 51.9 Å². The first-order chi connectivity index (χ1) is 10.3. The molecular weight excluding hydrogens is 276 g/mol. The second kappa shape index (κ2) is 6.38. The van der Waals surface area contributed by atoms with Crippen LogP contribution in [0.2, 0.25) is 0 Å². The van der Waals surface area contributed by atoms with Crippen molar-refractivity contribution < 1.29 is 4.79 Å². The van der Waals surface area contributed by atoms with Gasteiger partial charge in [-0.2, -0.15) is 5.10 Å². The first kappa shape index (κ1) is 16.3. The summed E-state index contributed by atoms with van der Waals surface area (Å²) in [6.45, 7) is 13.4. The predicted octanol–water partition coefficient (Wildman–Crippen LogP) is 3.79. The lowest BCUT2D eigenvalue weighted by Crippen LogP contribution is -2.13. The van der Waals surface area contributed by atoms with Crippen molar-refractivity contribution in [2.75, 3.05) is 5.32 Å². The summed E-state index contributed by atoms with van der Waals surface area (Å²) in [4.78, 5) is 12.5. The number of aromatic nitrogens is 3. The summed E-state index contributed by atoms with van der Waals surface area (Å²) in [5.74, 6) is 0.442. The third-order valence-corrected chi connectivity index (χ3v) is 3.69. The third kappa shape index (κ3) is 3.40. The number of hydrogen-bond acceptors (Lipinski definition) is 2. The van der Waals surface area contributed by atoms with Crippen molar-refractivity contribution in [2.45, 2.75) is 54.1 Å². The van der Waals surface area contributed by atoms with E-state index in [4.69, 9.17) is 0 Å². The van der Waals surface area contributed by atoms with E-state index in [-0.39, 0.29) is 5.91 Å². The molecule has 5 nitrogen and oxygen atoms in total. The number of carbonyl (C=O) groups is 1. The van der Waals surface area contributed by atoms with E-state index in [0.29, 0.717) is 12.0 Å². The van der Waals surface area contributed by atoms with Gasteiger partial charge in [-0.25, -0.2) is 0 Å². The molecule has 0 atom stereocenters. The molecule has 0 saturated heterocycles. The molecule has 0 bridgehead atoms. The molecule has 0 aromatic carbocycles. The molecule has 0 aliphatic heterocycles. The van der Waals surface area contributed by atoms with Crippen LogP contribution in [0, 0.1) is 19.8 Å². The number of anilines is 1. The Kier molecular flexibility index (Phi) is 4.74. The van der Waals surface area contributed by atoms with Gasteiger partial charge in [0, 0.05) is 30.2 Å². The van der Waals surface area contributed by atoms with Crippen LogP contribution in [0.1, 0.15) is 55.5 Å². The molecule has 5 heteroatoms. The molecule has 0 saturated carbocycles. The Morgan fingerprint density at radius 3 is 2.50 bits per heavy atom. The van der Waals surface area contributed by atoms with E-state index in [1.54, 1.807) is 6.20 Å². The minimum absolute atomic E-state index is 0.0795. The maximum Gasteiger partial charge on any atom is 0.257 e. The van der Waals surface area contributed by atoms with Gasteiger partial charge in [-0.3, -0.25) is 9.48 Å². The van der Waals surface area contributed by atoms with Crippen molar-refractivity contribution in [1.82, 2.24) is 14.3 Å². The van der Waals surface area contributed by atoms with Gasteiger partial charge in [0.2, 0.25) is 0 Å². The van der Waals surface area contributed by atoms with Gasteiger partial charge in [0.25, 0.3) is 5.91 Å². The highest BCUT2D eigenvalue weighted by Crippen LogP contribution is 2.21. The van der Waals surface area contributed by atoms with Crippen LogP contribution in [0.25, 0.3) is 0 Å². The Bertz CT molecular complexity index is 664. The summed E-state index contributed by atoms with van der Waals surface area (Å²) in [7, 11) is 0. The molecule has 0 aliphatic rings. The molecule has 0 radical (unpaired) electrons. The Balaban J connectivity index is 2.16. The van der Waals surface area contributed by atoms with E-state index >= 15 is 0 Å². The highest BCUT2D eigenvalue weighted by molar-refractivity contribution is 6.05. The van der Waals surface area contributed by atoms with Gasteiger partial charge in [-0.05, 0) is 39.7 Å². The van der Waals surface area contributed by atoms with Crippen molar-refractivity contribution in [3.05, 3.63) is 35.4 Å². The fraction of sp³-hybridized carbons (Fsp3) is 0.529. The average Bonchev–Trinajstić information content (AvgIpc) is 2.93. The lowest BCUT2D eigenvalue weighted by Gasteiger charge is -2.13. The quantitative estimate of drug-likeness (QED) is 0.913. The fourth-order valence-electron chi connectivity index (χ4n) is 2.90. The van der Waals surface area contributed by atoms with E-state index in [2.05, 4.69) is 42.7 Å². The zero-order valence-electron chi connectivity index (χ0n) is 14.3. The van der Waals surface area contributed by atoms with Crippen molar-refractivity contribution in [3.8, 4) is 0 Å². The molecule has 0 spiro atoms. The van der Waals surface area contributed by atoms with Crippen LogP contribution in [-0.4, -0.2) is 20.3 Å². The van der Waals surface area contributed by atoms with Gasteiger partial charge in [0.15, 0.2) is 0 Å². The van der Waals surface area contributed by atoms with Gasteiger partial charge in [-0.1, -0.05) is 13.8 Å². The Labute approximate surface area is 132 Å². The van der Waals surface area contributed by atoms with Crippen LogP contribution in [0.15, 0.2) is 18.5 Å². The van der Waals surface area contributed by atoms with E-state index in [0.717, 1.165) is 29.2 Å². The maximum atomic E-state index is 12.5. The number of rotatable bonds is 5. The second-order valence-electron chi connectivity index (χ2n) is 6.55. The number of nitrogens with one attached hydrogen (secondary N) is 1. The first-order valence-electron chi connectivity index (χ1n) is 7.81. The highest BCUT2D eigenvalue weighted by Gasteiger charge is 2.17. The van der Waals surface area contributed by atoms with Gasteiger partial charge < -0.3 is 9.88 Å². The zero-order chi connectivity index (χ0) is 16.4. The molecule has 0 fully saturated rings. The van der Waals surface area contributed by atoms with E-state index < -0.39 is 0 Å². The zero-order valence-corrected chi connectivity index (χ0v) is 14.3. The summed E-state index contributed by atoms with van der Waals surface area (Å²) in [6, 6.07) is 2.29. The van der Waals surface area contributed by atoms with Gasteiger partial charge in [0.1, 0.15) is 0 Å². The number of carbonyl (C=O) groups excluding carboxylic acids is 1. The van der Waals surface area contributed by atoms with E-state index in [1.807, 2.05) is 30.8 Å². The molecule has 2 aromatic heterocycles. The van der Waals surface area contributed by atoms with Crippen LogP contribution in [-0.2, 0) is 6.54 Å². The molecule has 0 unspecified atom stereocenters. The number of aryl methyl sites for hydroxylation is 1. The minimum Gasteiger partial charge on any atom is -0.346 e. The molecule has 120 valence electrons. The molecular formula is C17H26N4O. The normalized spacial score (nSPS) is 11.5.